The van der Waals surface area contributed by atoms with Crippen LogP contribution in [0, 0.1) is 0 Å². The summed E-state index contributed by atoms with van der Waals surface area (Å²) in [5.74, 6) is 1.35. The van der Waals surface area contributed by atoms with Gasteiger partial charge < -0.3 is 9.47 Å². The van der Waals surface area contributed by atoms with Gasteiger partial charge in [0.1, 0.15) is 0 Å². The number of thiazole rings is 1. The highest BCUT2D eigenvalue weighted by atomic mass is 32.1. The van der Waals surface area contributed by atoms with Crippen molar-refractivity contribution in [3.8, 4) is 22.8 Å². The number of rotatable bonds is 3. The molecule has 2 aliphatic rings. The topological polar surface area (TPSA) is 60.5 Å². The van der Waals surface area contributed by atoms with Crippen LogP contribution in [-0.4, -0.2) is 17.7 Å². The number of benzene rings is 2. The second kappa shape index (κ2) is 6.70. The van der Waals surface area contributed by atoms with E-state index < -0.39 is 0 Å². The van der Waals surface area contributed by atoms with Gasteiger partial charge in [0.2, 0.25) is 6.79 Å². The van der Waals surface area contributed by atoms with Crippen molar-refractivity contribution in [1.29, 1.82) is 0 Å². The molecule has 0 radical (unpaired) electrons. The van der Waals surface area contributed by atoms with Gasteiger partial charge in [-0.2, -0.15) is 0 Å². The number of anilines is 1. The van der Waals surface area contributed by atoms with Gasteiger partial charge in [-0.15, -0.1) is 11.3 Å². The second-order valence-corrected chi connectivity index (χ2v) is 7.61. The standard InChI is InChI=1S/C21H18N2O3S/c24-20(16-6-5-13-3-1-2-4-14(13)9-16)23-21-22-17(11-27-21)15-7-8-18-19(10-15)26-12-25-18/h5-11H,1-4,12H2,(H,22,23,24). The van der Waals surface area contributed by atoms with E-state index in [1.807, 2.05) is 35.7 Å². The maximum Gasteiger partial charge on any atom is 0.257 e. The maximum atomic E-state index is 12.6. The van der Waals surface area contributed by atoms with Gasteiger partial charge in [-0.1, -0.05) is 6.07 Å². The van der Waals surface area contributed by atoms with E-state index in [9.17, 15) is 4.79 Å². The molecule has 1 aliphatic heterocycles. The first-order chi connectivity index (χ1) is 13.3. The van der Waals surface area contributed by atoms with Crippen molar-refractivity contribution in [3.05, 3.63) is 58.5 Å². The lowest BCUT2D eigenvalue weighted by Crippen LogP contribution is -2.13. The van der Waals surface area contributed by atoms with E-state index in [4.69, 9.17) is 9.47 Å². The van der Waals surface area contributed by atoms with E-state index in [0.29, 0.717) is 10.7 Å². The van der Waals surface area contributed by atoms with Crippen molar-refractivity contribution < 1.29 is 14.3 Å². The summed E-state index contributed by atoms with van der Waals surface area (Å²) in [7, 11) is 0. The summed E-state index contributed by atoms with van der Waals surface area (Å²) < 4.78 is 10.8. The van der Waals surface area contributed by atoms with E-state index in [-0.39, 0.29) is 12.7 Å². The number of hydrogen-bond donors (Lipinski definition) is 1. The Morgan fingerprint density at radius 2 is 1.85 bits per heavy atom. The molecule has 1 amide bonds. The number of ether oxygens (including phenoxy) is 2. The van der Waals surface area contributed by atoms with Crippen molar-refractivity contribution in [2.24, 2.45) is 0 Å². The fourth-order valence-electron chi connectivity index (χ4n) is 3.56. The van der Waals surface area contributed by atoms with Crippen LogP contribution in [0.25, 0.3) is 11.3 Å². The zero-order chi connectivity index (χ0) is 18.2. The SMILES string of the molecule is O=C(Nc1nc(-c2ccc3c(c2)OCO3)cs1)c1ccc2c(c1)CCCC2. The molecule has 0 fully saturated rings. The number of nitrogens with one attached hydrogen (secondary N) is 1. The third kappa shape index (κ3) is 3.17. The molecule has 2 aromatic carbocycles. The van der Waals surface area contributed by atoms with E-state index in [1.54, 1.807) is 0 Å². The first kappa shape index (κ1) is 16.3. The molecule has 136 valence electrons. The third-order valence-corrected chi connectivity index (χ3v) is 5.76. The largest absolute Gasteiger partial charge is 0.454 e. The Hall–Kier alpha value is -2.86. The maximum absolute atomic E-state index is 12.6. The van der Waals surface area contributed by atoms with Gasteiger partial charge in [0.25, 0.3) is 5.91 Å². The molecule has 1 aromatic heterocycles. The second-order valence-electron chi connectivity index (χ2n) is 6.75. The van der Waals surface area contributed by atoms with Gasteiger partial charge in [0.05, 0.1) is 5.69 Å². The number of nitrogens with zero attached hydrogens (tertiary/aromatic N) is 1. The Kier molecular flexibility index (Phi) is 4.05. The average Bonchev–Trinajstić information content (AvgIpc) is 3.36. The van der Waals surface area contributed by atoms with Crippen molar-refractivity contribution in [2.75, 3.05) is 12.1 Å². The van der Waals surface area contributed by atoms with E-state index in [1.165, 1.54) is 35.3 Å². The fraction of sp³-hybridized carbons (Fsp3) is 0.238. The molecule has 3 aromatic rings. The highest BCUT2D eigenvalue weighted by molar-refractivity contribution is 7.14. The van der Waals surface area contributed by atoms with Crippen molar-refractivity contribution in [1.82, 2.24) is 4.98 Å². The highest BCUT2D eigenvalue weighted by Gasteiger charge is 2.17. The summed E-state index contributed by atoms with van der Waals surface area (Å²) in [6.07, 6.45) is 4.61. The molecular weight excluding hydrogens is 360 g/mol. The first-order valence-corrected chi connectivity index (χ1v) is 9.93. The van der Waals surface area contributed by atoms with Crippen molar-refractivity contribution in [2.45, 2.75) is 25.7 Å². The van der Waals surface area contributed by atoms with E-state index in [0.717, 1.165) is 35.6 Å². The molecule has 2 heterocycles. The predicted octanol–water partition coefficient (Wildman–Crippen LogP) is 4.67. The summed E-state index contributed by atoms with van der Waals surface area (Å²) >= 11 is 1.41. The van der Waals surface area contributed by atoms with Crippen LogP contribution in [0.1, 0.15) is 34.3 Å². The Labute approximate surface area is 161 Å². The molecule has 0 bridgehead atoms. The van der Waals surface area contributed by atoms with Crippen LogP contribution in [0.3, 0.4) is 0 Å². The van der Waals surface area contributed by atoms with Gasteiger partial charge in [0.15, 0.2) is 16.6 Å². The molecule has 1 N–H and O–H groups in total. The zero-order valence-corrected chi connectivity index (χ0v) is 15.5. The van der Waals surface area contributed by atoms with E-state index >= 15 is 0 Å². The fourth-order valence-corrected chi connectivity index (χ4v) is 4.28. The van der Waals surface area contributed by atoms with Gasteiger partial charge >= 0.3 is 0 Å². The monoisotopic (exact) mass is 378 g/mol. The summed E-state index contributed by atoms with van der Waals surface area (Å²) in [4.78, 5) is 17.2. The van der Waals surface area contributed by atoms with Crippen molar-refractivity contribution in [3.63, 3.8) is 0 Å². The molecule has 1 aliphatic carbocycles. The van der Waals surface area contributed by atoms with Crippen LogP contribution in [-0.2, 0) is 12.8 Å². The van der Waals surface area contributed by atoms with Gasteiger partial charge in [-0.3, -0.25) is 10.1 Å². The van der Waals surface area contributed by atoms with Gasteiger partial charge in [-0.05, 0) is 67.1 Å². The number of carbonyl (C=O) groups is 1. The minimum Gasteiger partial charge on any atom is -0.454 e. The quantitative estimate of drug-likeness (QED) is 0.719. The molecule has 5 nitrogen and oxygen atoms in total. The molecule has 0 saturated heterocycles. The molecule has 6 heteroatoms. The Morgan fingerprint density at radius 3 is 2.78 bits per heavy atom. The summed E-state index contributed by atoms with van der Waals surface area (Å²) in [5.41, 5.74) is 5.10. The van der Waals surface area contributed by atoms with Crippen LogP contribution in [0.2, 0.25) is 0 Å². The molecule has 0 spiro atoms. The van der Waals surface area contributed by atoms with Crippen LogP contribution in [0.15, 0.2) is 41.8 Å². The summed E-state index contributed by atoms with van der Waals surface area (Å²) in [6, 6.07) is 11.7. The number of amides is 1. The van der Waals surface area contributed by atoms with Crippen LogP contribution < -0.4 is 14.8 Å². The van der Waals surface area contributed by atoms with Crippen LogP contribution in [0.5, 0.6) is 11.5 Å². The lowest BCUT2D eigenvalue weighted by molar-refractivity contribution is 0.102. The van der Waals surface area contributed by atoms with Crippen LogP contribution >= 0.6 is 11.3 Å². The number of carbonyl (C=O) groups excluding carboxylic acids is 1. The molecule has 0 atom stereocenters. The smallest absolute Gasteiger partial charge is 0.257 e. The number of hydrogen-bond acceptors (Lipinski definition) is 5. The zero-order valence-electron chi connectivity index (χ0n) is 14.7. The van der Waals surface area contributed by atoms with Crippen LogP contribution in [0.4, 0.5) is 5.13 Å². The lowest BCUT2D eigenvalue weighted by atomic mass is 9.90. The molecule has 27 heavy (non-hydrogen) atoms. The summed E-state index contributed by atoms with van der Waals surface area (Å²) in [5, 5.41) is 5.44. The van der Waals surface area contributed by atoms with Gasteiger partial charge in [0, 0.05) is 16.5 Å². The van der Waals surface area contributed by atoms with E-state index in [2.05, 4.69) is 16.4 Å². The summed E-state index contributed by atoms with van der Waals surface area (Å²) in [6.45, 7) is 0.248. The lowest BCUT2D eigenvalue weighted by Gasteiger charge is -2.16. The molecule has 0 unspecified atom stereocenters. The Balaban J connectivity index is 1.34. The number of aryl methyl sites for hydroxylation is 2. The average molecular weight is 378 g/mol. The molecular formula is C21H18N2O3S. The Bertz CT molecular complexity index is 1030. The minimum atomic E-state index is -0.116. The number of aromatic nitrogens is 1. The Morgan fingerprint density at radius 1 is 1.00 bits per heavy atom. The first-order valence-electron chi connectivity index (χ1n) is 9.05. The molecule has 5 rings (SSSR count). The highest BCUT2D eigenvalue weighted by Crippen LogP contribution is 2.36. The molecule has 0 saturated carbocycles. The van der Waals surface area contributed by atoms with Crippen molar-refractivity contribution >= 4 is 22.4 Å². The normalized spacial score (nSPS) is 14.7. The van der Waals surface area contributed by atoms with Gasteiger partial charge in [-0.25, -0.2) is 4.98 Å². The minimum absolute atomic E-state index is 0.116. The third-order valence-electron chi connectivity index (χ3n) is 5.00. The number of fused-ring (bicyclic) bond motifs is 2. The predicted molar refractivity (Wildman–Crippen MR) is 105 cm³/mol.